The van der Waals surface area contributed by atoms with Crippen molar-refractivity contribution >= 4 is 5.69 Å². The van der Waals surface area contributed by atoms with Crippen molar-refractivity contribution in [3.05, 3.63) is 24.3 Å². The fourth-order valence-electron chi connectivity index (χ4n) is 2.96. The van der Waals surface area contributed by atoms with Crippen LogP contribution in [0.1, 0.15) is 32.6 Å². The van der Waals surface area contributed by atoms with Crippen LogP contribution in [0.2, 0.25) is 0 Å². The molecule has 0 aliphatic heterocycles. The van der Waals surface area contributed by atoms with Gasteiger partial charge in [-0.1, -0.05) is 25.8 Å². The van der Waals surface area contributed by atoms with Crippen molar-refractivity contribution in [3.63, 3.8) is 0 Å². The van der Waals surface area contributed by atoms with Crippen LogP contribution in [0.5, 0.6) is 5.75 Å². The van der Waals surface area contributed by atoms with Crippen LogP contribution in [0, 0.1) is 5.92 Å². The molecule has 0 bridgehead atoms. The molecule has 0 heterocycles. The second-order valence-corrected chi connectivity index (χ2v) is 5.50. The number of benzene rings is 1. The average Bonchev–Trinajstić information content (AvgIpc) is 2.39. The minimum Gasteiger partial charge on any atom is -0.497 e. The van der Waals surface area contributed by atoms with Crippen LogP contribution in [0.15, 0.2) is 24.3 Å². The molecule has 2 rings (SSSR count). The molecule has 100 valence electrons. The van der Waals surface area contributed by atoms with E-state index in [1.807, 2.05) is 24.3 Å². The first-order chi connectivity index (χ1) is 8.67. The van der Waals surface area contributed by atoms with Crippen molar-refractivity contribution in [1.29, 1.82) is 0 Å². The van der Waals surface area contributed by atoms with Gasteiger partial charge < -0.3 is 15.2 Å². The number of anilines is 1. The Morgan fingerprint density at radius 2 is 2.33 bits per heavy atom. The molecule has 2 N–H and O–H groups in total. The highest BCUT2D eigenvalue weighted by Gasteiger charge is 2.34. The van der Waals surface area contributed by atoms with E-state index in [9.17, 15) is 5.11 Å². The zero-order chi connectivity index (χ0) is 13.0. The van der Waals surface area contributed by atoms with Crippen molar-refractivity contribution in [2.45, 2.75) is 38.1 Å². The number of rotatable bonds is 4. The zero-order valence-corrected chi connectivity index (χ0v) is 11.3. The van der Waals surface area contributed by atoms with E-state index in [4.69, 9.17) is 4.74 Å². The normalized spacial score (nSPS) is 27.8. The van der Waals surface area contributed by atoms with Crippen LogP contribution < -0.4 is 10.1 Å². The molecule has 0 saturated heterocycles. The predicted octanol–water partition coefficient (Wildman–Crippen LogP) is 3.05. The first-order valence-electron chi connectivity index (χ1n) is 6.70. The van der Waals surface area contributed by atoms with Gasteiger partial charge in [0.05, 0.1) is 19.3 Å². The molecular weight excluding hydrogens is 226 g/mol. The number of methoxy groups -OCH3 is 1. The van der Waals surface area contributed by atoms with Gasteiger partial charge in [-0.25, -0.2) is 0 Å². The molecule has 1 aromatic rings. The van der Waals surface area contributed by atoms with Gasteiger partial charge in [-0.15, -0.1) is 0 Å². The number of nitrogens with one attached hydrogen (secondary N) is 1. The van der Waals surface area contributed by atoms with Gasteiger partial charge >= 0.3 is 0 Å². The highest BCUT2D eigenvalue weighted by atomic mass is 16.5. The fraction of sp³-hybridized carbons (Fsp3) is 0.600. The summed E-state index contributed by atoms with van der Waals surface area (Å²) in [5.74, 6) is 1.51. The molecule has 1 fully saturated rings. The van der Waals surface area contributed by atoms with E-state index >= 15 is 0 Å². The molecule has 0 aromatic heterocycles. The molecule has 2 atom stereocenters. The summed E-state index contributed by atoms with van der Waals surface area (Å²) in [6, 6.07) is 7.91. The maximum Gasteiger partial charge on any atom is 0.120 e. The van der Waals surface area contributed by atoms with Gasteiger partial charge in [0.1, 0.15) is 5.75 Å². The lowest BCUT2D eigenvalue weighted by Crippen LogP contribution is -2.45. The summed E-state index contributed by atoms with van der Waals surface area (Å²) in [6.45, 7) is 2.45. The molecule has 3 nitrogen and oxygen atoms in total. The molecule has 3 heteroatoms. The first kappa shape index (κ1) is 13.2. The Morgan fingerprint density at radius 1 is 1.50 bits per heavy atom. The summed E-state index contributed by atoms with van der Waals surface area (Å²) in [4.78, 5) is 0. The monoisotopic (exact) mass is 249 g/mol. The third-order valence-corrected chi connectivity index (χ3v) is 3.87. The summed E-state index contributed by atoms with van der Waals surface area (Å²) in [5.41, 5.74) is 0.863. The third kappa shape index (κ3) is 2.96. The van der Waals surface area contributed by atoms with Crippen LogP contribution in [0.3, 0.4) is 0 Å². The van der Waals surface area contributed by atoms with Crippen LogP contribution in [-0.2, 0) is 0 Å². The summed E-state index contributed by atoms with van der Waals surface area (Å²) in [5, 5.41) is 13.3. The van der Waals surface area contributed by atoms with Gasteiger partial charge in [0.15, 0.2) is 0 Å². The smallest absolute Gasteiger partial charge is 0.120 e. The molecule has 1 aromatic carbocycles. The molecule has 1 aliphatic rings. The molecule has 1 aliphatic carbocycles. The van der Waals surface area contributed by atoms with Crippen LogP contribution in [0.25, 0.3) is 0 Å². The van der Waals surface area contributed by atoms with Gasteiger partial charge in [-0.3, -0.25) is 0 Å². The SMILES string of the molecule is COc1cccc(NC2(CO)CCCC(C)C2)c1. The van der Waals surface area contributed by atoms with E-state index in [0.717, 1.165) is 24.3 Å². The number of hydrogen-bond donors (Lipinski definition) is 2. The van der Waals surface area contributed by atoms with E-state index < -0.39 is 0 Å². The highest BCUT2D eigenvalue weighted by Crippen LogP contribution is 2.35. The lowest BCUT2D eigenvalue weighted by atomic mass is 9.76. The van der Waals surface area contributed by atoms with Crippen molar-refractivity contribution in [2.75, 3.05) is 19.0 Å². The third-order valence-electron chi connectivity index (χ3n) is 3.87. The van der Waals surface area contributed by atoms with Crippen LogP contribution in [0.4, 0.5) is 5.69 Å². The molecular formula is C15H23NO2. The van der Waals surface area contributed by atoms with E-state index in [0.29, 0.717) is 5.92 Å². The van der Waals surface area contributed by atoms with Crippen LogP contribution in [-0.4, -0.2) is 24.4 Å². The number of ether oxygens (including phenoxy) is 1. The molecule has 1 saturated carbocycles. The Bertz CT molecular complexity index is 394. The summed E-state index contributed by atoms with van der Waals surface area (Å²) < 4.78 is 5.23. The van der Waals surface area contributed by atoms with Crippen LogP contribution >= 0.6 is 0 Å². The van der Waals surface area contributed by atoms with Gasteiger partial charge in [0.2, 0.25) is 0 Å². The second-order valence-electron chi connectivity index (χ2n) is 5.50. The molecule has 0 spiro atoms. The Kier molecular flexibility index (Phi) is 4.12. The van der Waals surface area contributed by atoms with Gasteiger partial charge in [0, 0.05) is 11.8 Å². The topological polar surface area (TPSA) is 41.5 Å². The Balaban J connectivity index is 2.13. The van der Waals surface area contributed by atoms with Gasteiger partial charge in [-0.2, -0.15) is 0 Å². The Hall–Kier alpha value is -1.22. The second kappa shape index (κ2) is 5.61. The Morgan fingerprint density at radius 3 is 3.00 bits per heavy atom. The summed E-state index contributed by atoms with van der Waals surface area (Å²) >= 11 is 0. The lowest BCUT2D eigenvalue weighted by Gasteiger charge is -2.40. The minimum absolute atomic E-state index is 0.163. The van der Waals surface area contributed by atoms with E-state index in [1.165, 1.54) is 12.8 Å². The van der Waals surface area contributed by atoms with Crippen molar-refractivity contribution in [2.24, 2.45) is 5.92 Å². The van der Waals surface area contributed by atoms with E-state index in [-0.39, 0.29) is 12.1 Å². The molecule has 0 radical (unpaired) electrons. The lowest BCUT2D eigenvalue weighted by molar-refractivity contribution is 0.149. The predicted molar refractivity (Wildman–Crippen MR) is 74.1 cm³/mol. The first-order valence-corrected chi connectivity index (χ1v) is 6.70. The Labute approximate surface area is 109 Å². The van der Waals surface area contributed by atoms with Crippen molar-refractivity contribution < 1.29 is 9.84 Å². The zero-order valence-electron chi connectivity index (χ0n) is 11.3. The van der Waals surface area contributed by atoms with E-state index in [1.54, 1.807) is 7.11 Å². The molecule has 2 unspecified atom stereocenters. The number of hydrogen-bond acceptors (Lipinski definition) is 3. The van der Waals surface area contributed by atoms with E-state index in [2.05, 4.69) is 12.2 Å². The largest absolute Gasteiger partial charge is 0.497 e. The van der Waals surface area contributed by atoms with Crippen molar-refractivity contribution in [3.8, 4) is 5.75 Å². The highest BCUT2D eigenvalue weighted by molar-refractivity contribution is 5.50. The standard InChI is InChI=1S/C15H23NO2/c1-12-5-4-8-15(10-12,11-17)16-13-6-3-7-14(9-13)18-2/h3,6-7,9,12,16-17H,4-5,8,10-11H2,1-2H3. The molecule has 0 amide bonds. The maximum absolute atomic E-state index is 9.75. The van der Waals surface area contributed by atoms with Gasteiger partial charge in [-0.05, 0) is 30.9 Å². The molecule has 18 heavy (non-hydrogen) atoms. The minimum atomic E-state index is -0.163. The van der Waals surface area contributed by atoms with Crippen molar-refractivity contribution in [1.82, 2.24) is 0 Å². The quantitative estimate of drug-likeness (QED) is 0.861. The fourth-order valence-corrected chi connectivity index (χ4v) is 2.96. The summed E-state index contributed by atoms with van der Waals surface area (Å²) in [6.07, 6.45) is 4.51. The van der Waals surface area contributed by atoms with Gasteiger partial charge in [0.25, 0.3) is 0 Å². The summed E-state index contributed by atoms with van der Waals surface area (Å²) in [7, 11) is 1.67. The average molecular weight is 249 g/mol. The number of aliphatic hydroxyl groups is 1. The number of aliphatic hydroxyl groups excluding tert-OH is 1. The maximum atomic E-state index is 9.75.